The second-order valence-corrected chi connectivity index (χ2v) is 7.18. The Balaban J connectivity index is 1.91. The number of aliphatic hydroxyl groups excluding tert-OH is 3. The van der Waals surface area contributed by atoms with Crippen LogP contribution in [0.15, 0.2) is 39.5 Å². The maximum Gasteiger partial charge on any atom is 0.229 e. The van der Waals surface area contributed by atoms with E-state index < -0.39 is 70.1 Å². The van der Waals surface area contributed by atoms with E-state index >= 15 is 0 Å². The van der Waals surface area contributed by atoms with Crippen molar-refractivity contribution < 1.29 is 50.0 Å². The highest BCUT2D eigenvalue weighted by molar-refractivity contribution is 5.88. The van der Waals surface area contributed by atoms with Crippen molar-refractivity contribution in [2.24, 2.45) is 0 Å². The molecule has 0 spiro atoms. The lowest BCUT2D eigenvalue weighted by molar-refractivity contribution is -0.330. The molecular formula is C20H18O11. The van der Waals surface area contributed by atoms with Crippen LogP contribution in [0.1, 0.15) is 5.56 Å². The van der Waals surface area contributed by atoms with Crippen LogP contribution in [-0.4, -0.2) is 65.8 Å². The van der Waals surface area contributed by atoms with Crippen LogP contribution < -0.4 is 5.43 Å². The van der Waals surface area contributed by atoms with Gasteiger partial charge in [-0.25, -0.2) is 0 Å². The molecule has 0 aliphatic carbocycles. The molecule has 11 heteroatoms. The number of hydrogen-bond donors (Lipinski definition) is 8. The number of rotatable bonds is 2. The summed E-state index contributed by atoms with van der Waals surface area (Å²) in [5, 5.41) is 80.1. The van der Waals surface area contributed by atoms with E-state index in [1.54, 1.807) is 0 Å². The van der Waals surface area contributed by atoms with Gasteiger partial charge in [-0.1, -0.05) is 0 Å². The van der Waals surface area contributed by atoms with E-state index in [0.29, 0.717) is 0 Å². The molecule has 1 aliphatic heterocycles. The molecule has 164 valence electrons. The maximum atomic E-state index is 12.7. The minimum Gasteiger partial charge on any atom is -0.507 e. The first kappa shape index (κ1) is 20.9. The Bertz CT molecular complexity index is 1230. The molecule has 0 saturated carbocycles. The van der Waals surface area contributed by atoms with Gasteiger partial charge in [0.1, 0.15) is 46.5 Å². The molecule has 3 aromatic rings. The van der Waals surface area contributed by atoms with Gasteiger partial charge >= 0.3 is 0 Å². The lowest BCUT2D eigenvalue weighted by Gasteiger charge is -2.42. The average molecular weight is 434 g/mol. The second kappa shape index (κ2) is 7.11. The van der Waals surface area contributed by atoms with Gasteiger partial charge in [0.25, 0.3) is 0 Å². The highest BCUT2D eigenvalue weighted by atomic mass is 16.6. The molecule has 4 atom stereocenters. The Morgan fingerprint density at radius 2 is 1.65 bits per heavy atom. The molecule has 4 rings (SSSR count). The summed E-state index contributed by atoms with van der Waals surface area (Å²) in [6.07, 6.45) is -5.57. The topological polar surface area (TPSA) is 201 Å². The van der Waals surface area contributed by atoms with Crippen LogP contribution in [0.3, 0.4) is 0 Å². The predicted molar refractivity (Wildman–Crippen MR) is 102 cm³/mol. The van der Waals surface area contributed by atoms with Gasteiger partial charge in [-0.15, -0.1) is 0 Å². The SMILES string of the molecule is O=c1cc(-c2ccc(O)c(O)c2)oc2cc(O)c(C3(O)OC[C@@H](O)[C@H](O)[C@H]3O)c(O)c12. The molecule has 0 amide bonds. The summed E-state index contributed by atoms with van der Waals surface area (Å²) >= 11 is 0. The zero-order chi connectivity index (χ0) is 22.7. The number of ether oxygens (including phenoxy) is 1. The number of fused-ring (bicyclic) bond motifs is 1. The summed E-state index contributed by atoms with van der Waals surface area (Å²) in [6.45, 7) is -0.635. The Morgan fingerprint density at radius 1 is 0.935 bits per heavy atom. The maximum absolute atomic E-state index is 12.7. The molecular weight excluding hydrogens is 416 g/mol. The van der Waals surface area contributed by atoms with Crippen LogP contribution in [0.4, 0.5) is 0 Å². The van der Waals surface area contributed by atoms with E-state index in [9.17, 15) is 45.6 Å². The van der Waals surface area contributed by atoms with Gasteiger partial charge in [0, 0.05) is 17.7 Å². The highest BCUT2D eigenvalue weighted by Gasteiger charge is 2.52. The lowest BCUT2D eigenvalue weighted by Crippen LogP contribution is -2.59. The number of aromatic hydroxyl groups is 4. The van der Waals surface area contributed by atoms with Crippen molar-refractivity contribution in [1.82, 2.24) is 0 Å². The predicted octanol–water partition coefficient (Wildman–Crippen LogP) is -0.460. The van der Waals surface area contributed by atoms with Crippen LogP contribution in [0.5, 0.6) is 23.0 Å². The third-order valence-electron chi connectivity index (χ3n) is 5.18. The summed E-state index contributed by atoms with van der Waals surface area (Å²) in [5.41, 5.74) is -1.69. The van der Waals surface area contributed by atoms with Gasteiger partial charge in [0.2, 0.25) is 5.79 Å². The molecule has 11 nitrogen and oxygen atoms in total. The fourth-order valence-corrected chi connectivity index (χ4v) is 3.52. The van der Waals surface area contributed by atoms with Gasteiger partial charge < -0.3 is 50.0 Å². The quantitative estimate of drug-likeness (QED) is 0.243. The van der Waals surface area contributed by atoms with Crippen LogP contribution in [0.2, 0.25) is 0 Å². The fraction of sp³-hybridized carbons (Fsp3) is 0.250. The number of aliphatic hydroxyl groups is 4. The summed E-state index contributed by atoms with van der Waals surface area (Å²) in [7, 11) is 0. The Hall–Kier alpha value is -3.35. The molecule has 1 fully saturated rings. The van der Waals surface area contributed by atoms with Crippen molar-refractivity contribution in [3.05, 3.63) is 46.1 Å². The van der Waals surface area contributed by atoms with Gasteiger partial charge in [0.15, 0.2) is 16.9 Å². The van der Waals surface area contributed by atoms with Crippen LogP contribution in [0.25, 0.3) is 22.3 Å². The summed E-state index contributed by atoms with van der Waals surface area (Å²) in [4.78, 5) is 12.7. The summed E-state index contributed by atoms with van der Waals surface area (Å²) in [6, 6.07) is 5.52. The van der Waals surface area contributed by atoms with E-state index in [2.05, 4.69) is 0 Å². The fourth-order valence-electron chi connectivity index (χ4n) is 3.52. The minimum atomic E-state index is -2.84. The van der Waals surface area contributed by atoms with Crippen molar-refractivity contribution in [2.75, 3.05) is 6.61 Å². The Kier molecular flexibility index (Phi) is 4.80. The van der Waals surface area contributed by atoms with E-state index in [-0.39, 0.29) is 16.9 Å². The van der Waals surface area contributed by atoms with Crippen LogP contribution >= 0.6 is 0 Å². The van der Waals surface area contributed by atoms with Crippen molar-refractivity contribution in [1.29, 1.82) is 0 Å². The monoisotopic (exact) mass is 434 g/mol. The van der Waals surface area contributed by atoms with Crippen LogP contribution in [0, 0.1) is 0 Å². The highest BCUT2D eigenvalue weighted by Crippen LogP contribution is 2.46. The first-order chi connectivity index (χ1) is 14.5. The van der Waals surface area contributed by atoms with E-state index in [0.717, 1.165) is 18.2 Å². The largest absolute Gasteiger partial charge is 0.507 e. The summed E-state index contributed by atoms with van der Waals surface area (Å²) < 4.78 is 10.5. The second-order valence-electron chi connectivity index (χ2n) is 7.18. The average Bonchev–Trinajstić information content (AvgIpc) is 2.71. The lowest BCUT2D eigenvalue weighted by atomic mass is 9.89. The normalized spacial score (nSPS) is 26.3. The van der Waals surface area contributed by atoms with Gasteiger partial charge in [-0.2, -0.15) is 0 Å². The minimum absolute atomic E-state index is 0.0643. The van der Waals surface area contributed by atoms with Gasteiger partial charge in [0.05, 0.1) is 12.2 Å². The molecule has 0 bridgehead atoms. The van der Waals surface area contributed by atoms with E-state index in [1.807, 2.05) is 0 Å². The summed E-state index contributed by atoms with van der Waals surface area (Å²) in [5.74, 6) is -5.55. The van der Waals surface area contributed by atoms with Crippen LogP contribution in [-0.2, 0) is 10.5 Å². The number of phenolic OH excluding ortho intramolecular Hbond substituents is 4. The zero-order valence-corrected chi connectivity index (χ0v) is 15.6. The van der Waals surface area contributed by atoms with Crippen molar-refractivity contribution in [3.63, 3.8) is 0 Å². The first-order valence-electron chi connectivity index (χ1n) is 9.00. The number of phenols is 4. The molecule has 0 radical (unpaired) electrons. The molecule has 1 unspecified atom stereocenters. The third kappa shape index (κ3) is 3.15. The Labute approximate surface area is 172 Å². The molecule has 2 heterocycles. The third-order valence-corrected chi connectivity index (χ3v) is 5.18. The van der Waals surface area contributed by atoms with Crippen molar-refractivity contribution >= 4 is 11.0 Å². The van der Waals surface area contributed by atoms with Gasteiger partial charge in [-0.05, 0) is 18.2 Å². The molecule has 31 heavy (non-hydrogen) atoms. The zero-order valence-electron chi connectivity index (χ0n) is 15.6. The number of benzene rings is 2. The first-order valence-corrected chi connectivity index (χ1v) is 9.00. The molecule has 8 N–H and O–H groups in total. The molecule has 1 aliphatic rings. The molecule has 1 saturated heterocycles. The molecule has 2 aromatic carbocycles. The molecule has 1 aromatic heterocycles. The van der Waals surface area contributed by atoms with Crippen molar-refractivity contribution in [2.45, 2.75) is 24.1 Å². The van der Waals surface area contributed by atoms with Gasteiger partial charge in [-0.3, -0.25) is 4.79 Å². The van der Waals surface area contributed by atoms with Crippen molar-refractivity contribution in [3.8, 4) is 34.3 Å². The van der Waals surface area contributed by atoms with E-state index in [4.69, 9.17) is 9.15 Å². The smallest absolute Gasteiger partial charge is 0.229 e. The standard InChI is InChI=1S/C20H18O11/c21-8-2-1-7(3-9(8)22)13-4-10(23)15-14(31-13)5-11(24)16(18(15)27)20(29)19(28)17(26)12(25)6-30-20/h1-5,12,17,19,21-22,24-29H,6H2/t12-,17+,19-,20?/m1/s1. The Morgan fingerprint density at radius 3 is 2.32 bits per heavy atom. The number of hydrogen-bond acceptors (Lipinski definition) is 11. The van der Waals surface area contributed by atoms with E-state index in [1.165, 1.54) is 12.1 Å².